The second kappa shape index (κ2) is 10.5. The van der Waals surface area contributed by atoms with Crippen LogP contribution in [0.2, 0.25) is 0 Å². The van der Waals surface area contributed by atoms with Gasteiger partial charge in [0.05, 0.1) is 31.5 Å². The third kappa shape index (κ3) is 4.58. The maximum absolute atomic E-state index is 13.7. The van der Waals surface area contributed by atoms with Crippen LogP contribution in [-0.2, 0) is 4.79 Å². The quantitative estimate of drug-likeness (QED) is 0.186. The Kier molecular flexibility index (Phi) is 6.92. The van der Waals surface area contributed by atoms with E-state index in [9.17, 15) is 19.7 Å². The number of fused-ring (bicyclic) bond motifs is 1. The van der Waals surface area contributed by atoms with Gasteiger partial charge in [-0.2, -0.15) is 0 Å². The van der Waals surface area contributed by atoms with E-state index in [1.807, 2.05) is 78.7 Å². The van der Waals surface area contributed by atoms with Crippen LogP contribution in [0.4, 0.5) is 17.1 Å². The van der Waals surface area contributed by atoms with Crippen LogP contribution in [-0.4, -0.2) is 26.8 Å². The summed E-state index contributed by atoms with van der Waals surface area (Å²) in [5, 5.41) is 12.0. The van der Waals surface area contributed by atoms with E-state index in [0.29, 0.717) is 29.8 Å². The number of carbonyl (C=O) groups is 1. The van der Waals surface area contributed by atoms with Gasteiger partial charge in [-0.3, -0.25) is 29.2 Å². The number of para-hydroxylation sites is 2. The summed E-state index contributed by atoms with van der Waals surface area (Å²) < 4.78 is 2.89. The molecule has 1 fully saturated rings. The fourth-order valence-electron chi connectivity index (χ4n) is 4.32. The van der Waals surface area contributed by atoms with Gasteiger partial charge in [0.1, 0.15) is 9.57 Å². The fourth-order valence-corrected chi connectivity index (χ4v) is 7.83. The normalized spacial score (nSPS) is 17.7. The van der Waals surface area contributed by atoms with Gasteiger partial charge in [-0.15, -0.1) is 11.3 Å². The minimum Gasteiger partial charge on any atom is -0.338 e. The van der Waals surface area contributed by atoms with Gasteiger partial charge in [0.15, 0.2) is 4.32 Å². The third-order valence-corrected chi connectivity index (χ3v) is 10.0. The lowest BCUT2D eigenvalue weighted by Gasteiger charge is -2.13. The summed E-state index contributed by atoms with van der Waals surface area (Å²) in [6, 6.07) is 23.1. The molecule has 0 radical (unpaired) electrons. The molecule has 40 heavy (non-hydrogen) atoms. The molecule has 1 saturated heterocycles. The number of thiocarbonyl (C=S) groups is 1. The Balaban J connectivity index is 1.48. The standard InChI is InChI=1S/C28H18N4O4S4/c1-29-20-16-19(32(35)36)12-13-21(20)38-23(29)15-14-22-25(33)30(17-8-4-2-5-9-17)27(39-22)24-26(34)31(28(37)40-24)18-10-6-3-7-11-18/h2-16H,1H3. The van der Waals surface area contributed by atoms with Crippen LogP contribution in [0.3, 0.4) is 0 Å². The first-order valence-corrected chi connectivity index (χ1v) is 14.7. The van der Waals surface area contributed by atoms with Crippen molar-refractivity contribution in [3.05, 3.63) is 120 Å². The summed E-state index contributed by atoms with van der Waals surface area (Å²) in [5.41, 5.74) is 1.80. The molecule has 6 rings (SSSR count). The Bertz CT molecular complexity index is 1920. The first-order valence-electron chi connectivity index (χ1n) is 11.9. The van der Waals surface area contributed by atoms with Crippen LogP contribution < -0.4 is 24.6 Å². The third-order valence-electron chi connectivity index (χ3n) is 6.25. The number of nitro benzene ring substituents is 1. The first kappa shape index (κ1) is 26.3. The molecule has 198 valence electrons. The Morgan fingerprint density at radius 1 is 0.900 bits per heavy atom. The number of rotatable bonds is 4. The van der Waals surface area contributed by atoms with Gasteiger partial charge in [0.2, 0.25) is 0 Å². The number of nitro groups is 1. The molecule has 4 aromatic rings. The van der Waals surface area contributed by atoms with Gasteiger partial charge in [-0.25, -0.2) is 0 Å². The Labute approximate surface area is 245 Å². The number of benzene rings is 3. The molecule has 1 amide bonds. The van der Waals surface area contributed by atoms with Crippen LogP contribution in [0.25, 0.3) is 16.7 Å². The zero-order valence-electron chi connectivity index (χ0n) is 20.7. The molecule has 0 N–H and O–H groups in total. The van der Waals surface area contributed by atoms with Gasteiger partial charge in [0.25, 0.3) is 17.2 Å². The summed E-state index contributed by atoms with van der Waals surface area (Å²) in [4.78, 5) is 42.8. The van der Waals surface area contributed by atoms with Crippen LogP contribution in [0.15, 0.2) is 99.7 Å². The Morgan fingerprint density at radius 2 is 1.57 bits per heavy atom. The van der Waals surface area contributed by atoms with E-state index in [0.717, 1.165) is 15.6 Å². The van der Waals surface area contributed by atoms with E-state index in [1.54, 1.807) is 16.7 Å². The van der Waals surface area contributed by atoms with Crippen LogP contribution in [0, 0.1) is 10.1 Å². The van der Waals surface area contributed by atoms with Crippen molar-refractivity contribution in [3.63, 3.8) is 0 Å². The molecule has 0 spiro atoms. The van der Waals surface area contributed by atoms with E-state index in [4.69, 9.17) is 12.2 Å². The van der Waals surface area contributed by atoms with Gasteiger partial charge in [-0.1, -0.05) is 72.1 Å². The van der Waals surface area contributed by atoms with Gasteiger partial charge < -0.3 is 4.90 Å². The zero-order valence-corrected chi connectivity index (χ0v) is 24.0. The van der Waals surface area contributed by atoms with Crippen LogP contribution in [0.5, 0.6) is 0 Å². The molecule has 0 unspecified atom stereocenters. The van der Waals surface area contributed by atoms with Crippen molar-refractivity contribution >= 4 is 85.3 Å². The number of allylic oxidation sites excluding steroid dienone is 1. The fraction of sp³-hybridized carbons (Fsp3) is 0.0357. The molecule has 1 aromatic heterocycles. The van der Waals surface area contributed by atoms with E-state index in [1.165, 1.54) is 51.9 Å². The SMILES string of the molecule is CN1C(=CC=c2sc(=C3SC(=S)N(c4ccccc4)C3=O)n(-c3ccccc3)c2=O)Sc2ccc([N+](=O)[O-])cc21. The number of hydrogen-bond acceptors (Lipinski definition) is 9. The van der Waals surface area contributed by atoms with Gasteiger partial charge in [-0.05, 0) is 42.5 Å². The number of carbonyl (C=O) groups excluding carboxylic acids is 1. The molecule has 0 saturated carbocycles. The Morgan fingerprint density at radius 3 is 2.25 bits per heavy atom. The van der Waals surface area contributed by atoms with Crippen LogP contribution in [0.1, 0.15) is 0 Å². The average molecular weight is 603 g/mol. The monoisotopic (exact) mass is 602 g/mol. The van der Waals surface area contributed by atoms with E-state index in [-0.39, 0.29) is 17.2 Å². The maximum Gasteiger partial charge on any atom is 0.273 e. The second-order valence-electron chi connectivity index (χ2n) is 8.66. The number of aromatic nitrogens is 1. The summed E-state index contributed by atoms with van der Waals surface area (Å²) in [7, 11) is 1.83. The highest BCUT2D eigenvalue weighted by Gasteiger charge is 2.35. The molecule has 3 aromatic carbocycles. The lowest BCUT2D eigenvalue weighted by Crippen LogP contribution is -2.32. The van der Waals surface area contributed by atoms with Crippen molar-refractivity contribution in [2.24, 2.45) is 0 Å². The largest absolute Gasteiger partial charge is 0.338 e. The zero-order chi connectivity index (χ0) is 28.0. The van der Waals surface area contributed by atoms with E-state index in [2.05, 4.69) is 0 Å². The summed E-state index contributed by atoms with van der Waals surface area (Å²) >= 11 is 9.43. The summed E-state index contributed by atoms with van der Waals surface area (Å²) in [5.74, 6) is -0.278. The molecule has 8 nitrogen and oxygen atoms in total. The van der Waals surface area contributed by atoms with Crippen molar-refractivity contribution < 1.29 is 9.72 Å². The predicted molar refractivity (Wildman–Crippen MR) is 167 cm³/mol. The highest BCUT2D eigenvalue weighted by Crippen LogP contribution is 2.46. The smallest absolute Gasteiger partial charge is 0.273 e. The number of non-ortho nitro benzene ring substituents is 1. The van der Waals surface area contributed by atoms with Gasteiger partial charge >= 0.3 is 0 Å². The van der Waals surface area contributed by atoms with Crippen molar-refractivity contribution in [2.75, 3.05) is 16.8 Å². The molecule has 0 atom stereocenters. The maximum atomic E-state index is 13.7. The highest BCUT2D eigenvalue weighted by atomic mass is 32.2. The van der Waals surface area contributed by atoms with Crippen LogP contribution >= 0.6 is 47.1 Å². The van der Waals surface area contributed by atoms with E-state index >= 15 is 0 Å². The molecule has 2 aliphatic heterocycles. The number of nitrogens with zero attached hydrogens (tertiary/aromatic N) is 4. The minimum absolute atomic E-state index is 0.0169. The molecular weight excluding hydrogens is 585 g/mol. The lowest BCUT2D eigenvalue weighted by molar-refractivity contribution is -0.384. The molecule has 0 bridgehead atoms. The summed E-state index contributed by atoms with van der Waals surface area (Å²) in [6.45, 7) is 0. The topological polar surface area (TPSA) is 88.7 Å². The predicted octanol–water partition coefficient (Wildman–Crippen LogP) is 4.84. The average Bonchev–Trinajstić information content (AvgIpc) is 3.57. The highest BCUT2D eigenvalue weighted by molar-refractivity contribution is 8.31. The van der Waals surface area contributed by atoms with E-state index < -0.39 is 4.92 Å². The van der Waals surface area contributed by atoms with Gasteiger partial charge in [0, 0.05) is 24.1 Å². The molecular formula is C28H18N4O4S4. The minimum atomic E-state index is -0.420. The van der Waals surface area contributed by atoms with Crippen molar-refractivity contribution in [1.29, 1.82) is 0 Å². The molecule has 0 aliphatic carbocycles. The molecule has 12 heteroatoms. The summed E-state index contributed by atoms with van der Waals surface area (Å²) in [6.07, 6.45) is 3.55. The Hall–Kier alpha value is -3.97. The van der Waals surface area contributed by atoms with Crippen molar-refractivity contribution in [2.45, 2.75) is 4.90 Å². The number of amides is 1. The molecule has 2 aliphatic rings. The number of hydrogen-bond donors (Lipinski definition) is 0. The second-order valence-corrected chi connectivity index (χ2v) is 12.4. The number of thiazole rings is 1. The van der Waals surface area contributed by atoms with Crippen molar-refractivity contribution in [1.82, 2.24) is 4.57 Å². The number of anilines is 2. The molecule has 3 heterocycles. The van der Waals surface area contributed by atoms with Crippen molar-refractivity contribution in [3.8, 4) is 5.69 Å². The first-order chi connectivity index (χ1) is 19.3. The lowest BCUT2D eigenvalue weighted by atomic mass is 10.2. The number of thioether (sulfide) groups is 2.